The van der Waals surface area contributed by atoms with Gasteiger partial charge in [0.15, 0.2) is 0 Å². The van der Waals surface area contributed by atoms with E-state index in [1.807, 2.05) is 12.1 Å². The first-order chi connectivity index (χ1) is 10.6. The fraction of sp³-hybridized carbons (Fsp3) is 0.278. The van der Waals surface area contributed by atoms with Gasteiger partial charge in [0.1, 0.15) is 18.2 Å². The molecular formula is C18H17FO3. The highest BCUT2D eigenvalue weighted by Crippen LogP contribution is 2.33. The number of ether oxygens (including phenoxy) is 1. The number of benzene rings is 2. The zero-order valence-corrected chi connectivity index (χ0v) is 12.4. The second-order valence-corrected chi connectivity index (χ2v) is 5.60. The molecule has 22 heavy (non-hydrogen) atoms. The summed E-state index contributed by atoms with van der Waals surface area (Å²) in [5, 5.41) is 8.82. The average Bonchev–Trinajstić information content (AvgIpc) is 2.97. The molecule has 0 heterocycles. The summed E-state index contributed by atoms with van der Waals surface area (Å²) >= 11 is 0. The molecule has 0 atom stereocenters. The monoisotopic (exact) mass is 300 g/mol. The molecule has 4 heteroatoms. The van der Waals surface area contributed by atoms with E-state index in [-0.39, 0.29) is 12.2 Å². The minimum atomic E-state index is -1.26. The van der Waals surface area contributed by atoms with E-state index in [9.17, 15) is 9.18 Å². The molecule has 0 fully saturated rings. The largest absolute Gasteiger partial charge is 0.489 e. The molecule has 0 unspecified atom stereocenters. The molecule has 0 bridgehead atoms. The normalized spacial score (nSPS) is 13.0. The van der Waals surface area contributed by atoms with Crippen molar-refractivity contribution in [2.24, 2.45) is 0 Å². The van der Waals surface area contributed by atoms with Gasteiger partial charge in [-0.15, -0.1) is 0 Å². The second-order valence-electron chi connectivity index (χ2n) is 5.60. The molecule has 0 aliphatic heterocycles. The first-order valence-electron chi connectivity index (χ1n) is 7.32. The Morgan fingerprint density at radius 1 is 1.23 bits per heavy atom. The van der Waals surface area contributed by atoms with Crippen molar-refractivity contribution in [1.29, 1.82) is 0 Å². The summed E-state index contributed by atoms with van der Waals surface area (Å²) in [6, 6.07) is 8.09. The number of halogens is 1. The van der Waals surface area contributed by atoms with E-state index in [0.717, 1.165) is 25.0 Å². The molecule has 1 aliphatic carbocycles. The maximum Gasteiger partial charge on any atom is 0.338 e. The van der Waals surface area contributed by atoms with Crippen LogP contribution in [0.4, 0.5) is 4.39 Å². The van der Waals surface area contributed by atoms with E-state index in [2.05, 4.69) is 6.92 Å². The van der Waals surface area contributed by atoms with E-state index in [1.165, 1.54) is 28.8 Å². The van der Waals surface area contributed by atoms with Crippen LogP contribution >= 0.6 is 0 Å². The molecule has 0 radical (unpaired) electrons. The van der Waals surface area contributed by atoms with Crippen LogP contribution in [-0.4, -0.2) is 11.1 Å². The van der Waals surface area contributed by atoms with E-state index in [4.69, 9.17) is 9.84 Å². The van der Waals surface area contributed by atoms with Crippen LogP contribution in [0.1, 0.15) is 39.0 Å². The fourth-order valence-electron chi connectivity index (χ4n) is 2.97. The Morgan fingerprint density at radius 2 is 2.00 bits per heavy atom. The Labute approximate surface area is 128 Å². The standard InChI is InChI=1S/C18H17FO3/c1-11-5-8-17(14-4-2-3-13(11)14)22-10-12-6-7-15(18(20)21)16(19)9-12/h5-9H,2-4,10H2,1H3,(H,20,21). The van der Waals surface area contributed by atoms with Crippen molar-refractivity contribution in [1.82, 2.24) is 0 Å². The third kappa shape index (κ3) is 2.69. The van der Waals surface area contributed by atoms with Gasteiger partial charge in [0.25, 0.3) is 0 Å². The minimum absolute atomic E-state index is 0.228. The number of fused-ring (bicyclic) bond motifs is 1. The highest BCUT2D eigenvalue weighted by molar-refractivity contribution is 5.87. The van der Waals surface area contributed by atoms with Crippen molar-refractivity contribution in [3.63, 3.8) is 0 Å². The quantitative estimate of drug-likeness (QED) is 0.931. The van der Waals surface area contributed by atoms with Crippen LogP contribution in [0, 0.1) is 12.7 Å². The zero-order chi connectivity index (χ0) is 15.7. The van der Waals surface area contributed by atoms with Crippen LogP contribution < -0.4 is 4.74 Å². The van der Waals surface area contributed by atoms with Gasteiger partial charge in [-0.1, -0.05) is 12.1 Å². The van der Waals surface area contributed by atoms with Crippen molar-refractivity contribution >= 4 is 5.97 Å². The Kier molecular flexibility index (Phi) is 3.84. The molecule has 0 saturated heterocycles. The number of rotatable bonds is 4. The molecule has 2 aromatic carbocycles. The van der Waals surface area contributed by atoms with Crippen LogP contribution in [-0.2, 0) is 19.4 Å². The summed E-state index contributed by atoms with van der Waals surface area (Å²) in [7, 11) is 0. The average molecular weight is 300 g/mol. The van der Waals surface area contributed by atoms with Crippen molar-refractivity contribution in [3.8, 4) is 5.75 Å². The van der Waals surface area contributed by atoms with Gasteiger partial charge < -0.3 is 9.84 Å². The summed E-state index contributed by atoms with van der Waals surface area (Å²) < 4.78 is 19.5. The van der Waals surface area contributed by atoms with E-state index in [0.29, 0.717) is 5.56 Å². The molecule has 3 nitrogen and oxygen atoms in total. The van der Waals surface area contributed by atoms with Crippen molar-refractivity contribution < 1.29 is 19.0 Å². The van der Waals surface area contributed by atoms with Gasteiger partial charge in [-0.25, -0.2) is 9.18 Å². The smallest absolute Gasteiger partial charge is 0.338 e. The third-order valence-electron chi connectivity index (χ3n) is 4.13. The molecule has 3 rings (SSSR count). The van der Waals surface area contributed by atoms with Gasteiger partial charge in [-0.05, 0) is 66.6 Å². The second kappa shape index (κ2) is 5.79. The molecule has 1 aliphatic rings. The molecule has 2 aromatic rings. The van der Waals surface area contributed by atoms with Crippen LogP contribution in [0.2, 0.25) is 0 Å². The predicted molar refractivity (Wildman–Crippen MR) is 80.9 cm³/mol. The van der Waals surface area contributed by atoms with Gasteiger partial charge >= 0.3 is 5.97 Å². The van der Waals surface area contributed by atoms with Crippen LogP contribution in [0.15, 0.2) is 30.3 Å². The van der Waals surface area contributed by atoms with Gasteiger partial charge in [0.2, 0.25) is 0 Å². The lowest BCUT2D eigenvalue weighted by atomic mass is 10.0. The van der Waals surface area contributed by atoms with Gasteiger partial charge in [0, 0.05) is 0 Å². The Balaban J connectivity index is 1.78. The Morgan fingerprint density at radius 3 is 2.73 bits per heavy atom. The Bertz CT molecular complexity index is 737. The Hall–Kier alpha value is -2.36. The maximum absolute atomic E-state index is 13.7. The predicted octanol–water partition coefficient (Wildman–Crippen LogP) is 3.90. The summed E-state index contributed by atoms with van der Waals surface area (Å²) in [5.74, 6) is -1.15. The lowest BCUT2D eigenvalue weighted by Gasteiger charge is -2.13. The lowest BCUT2D eigenvalue weighted by molar-refractivity contribution is 0.0692. The number of aryl methyl sites for hydroxylation is 1. The van der Waals surface area contributed by atoms with Crippen molar-refractivity contribution in [2.45, 2.75) is 32.8 Å². The first-order valence-corrected chi connectivity index (χ1v) is 7.32. The van der Waals surface area contributed by atoms with Gasteiger partial charge in [0.05, 0.1) is 5.56 Å². The minimum Gasteiger partial charge on any atom is -0.489 e. The van der Waals surface area contributed by atoms with E-state index >= 15 is 0 Å². The molecule has 0 amide bonds. The topological polar surface area (TPSA) is 46.5 Å². The number of carboxylic acid groups (broad SMARTS) is 1. The van der Waals surface area contributed by atoms with E-state index < -0.39 is 11.8 Å². The highest BCUT2D eigenvalue weighted by atomic mass is 19.1. The summed E-state index contributed by atoms with van der Waals surface area (Å²) in [6.45, 7) is 2.33. The van der Waals surface area contributed by atoms with Crippen LogP contribution in [0.3, 0.4) is 0 Å². The molecule has 0 aromatic heterocycles. The molecule has 114 valence electrons. The molecular weight excluding hydrogens is 283 g/mol. The molecule has 0 saturated carbocycles. The summed E-state index contributed by atoms with van der Waals surface area (Å²) in [6.07, 6.45) is 3.23. The number of carbonyl (C=O) groups is 1. The molecule has 1 N–H and O–H groups in total. The van der Waals surface area contributed by atoms with Crippen LogP contribution in [0.25, 0.3) is 0 Å². The maximum atomic E-state index is 13.7. The lowest BCUT2D eigenvalue weighted by Crippen LogP contribution is -2.04. The van der Waals surface area contributed by atoms with Crippen molar-refractivity contribution in [3.05, 3.63) is 64.0 Å². The molecule has 0 spiro atoms. The fourth-order valence-corrected chi connectivity index (χ4v) is 2.97. The third-order valence-corrected chi connectivity index (χ3v) is 4.13. The number of hydrogen-bond acceptors (Lipinski definition) is 2. The number of aromatic carboxylic acids is 1. The van der Waals surface area contributed by atoms with Crippen molar-refractivity contribution in [2.75, 3.05) is 0 Å². The summed E-state index contributed by atoms with van der Waals surface area (Å²) in [4.78, 5) is 10.8. The number of hydrogen-bond donors (Lipinski definition) is 1. The number of carboxylic acids is 1. The summed E-state index contributed by atoms with van der Waals surface area (Å²) in [5.41, 5.74) is 4.21. The van der Waals surface area contributed by atoms with Crippen LogP contribution in [0.5, 0.6) is 5.75 Å². The zero-order valence-electron chi connectivity index (χ0n) is 12.4. The van der Waals surface area contributed by atoms with Gasteiger partial charge in [-0.2, -0.15) is 0 Å². The first kappa shape index (κ1) is 14.6. The van der Waals surface area contributed by atoms with E-state index in [1.54, 1.807) is 6.07 Å². The highest BCUT2D eigenvalue weighted by Gasteiger charge is 2.18. The van der Waals surface area contributed by atoms with Gasteiger partial charge in [-0.3, -0.25) is 0 Å². The SMILES string of the molecule is Cc1ccc(OCc2ccc(C(=O)O)c(F)c2)c2c1CCC2.